The van der Waals surface area contributed by atoms with Crippen LogP contribution in [0.5, 0.6) is 0 Å². The summed E-state index contributed by atoms with van der Waals surface area (Å²) in [6.07, 6.45) is -1.80. The van der Waals surface area contributed by atoms with Gasteiger partial charge in [0, 0.05) is 13.0 Å². The SMILES string of the molecule is CCC(=O)N[C@@]1(CCc2ccccc2)CN[C@H](CO)[C@@H](O)[C@@H]1F. The Morgan fingerprint density at radius 2 is 2.13 bits per heavy atom. The molecular weight excluding hydrogens is 299 g/mol. The maximum Gasteiger partial charge on any atom is 0.220 e. The summed E-state index contributed by atoms with van der Waals surface area (Å²) < 4.78 is 14.9. The highest BCUT2D eigenvalue weighted by Gasteiger charge is 2.49. The molecule has 0 spiro atoms. The number of hydrogen-bond donors (Lipinski definition) is 4. The molecule has 0 bridgehead atoms. The van der Waals surface area contributed by atoms with Gasteiger partial charge < -0.3 is 20.8 Å². The molecular formula is C17H25FN2O3. The van der Waals surface area contributed by atoms with Gasteiger partial charge in [0.15, 0.2) is 6.17 Å². The number of rotatable bonds is 6. The average molecular weight is 324 g/mol. The summed E-state index contributed by atoms with van der Waals surface area (Å²) in [5.74, 6) is -0.253. The second-order valence-corrected chi connectivity index (χ2v) is 6.11. The number of aryl methyl sites for hydroxylation is 1. The van der Waals surface area contributed by atoms with Gasteiger partial charge in [-0.2, -0.15) is 0 Å². The van der Waals surface area contributed by atoms with Crippen LogP contribution in [0.3, 0.4) is 0 Å². The number of carbonyl (C=O) groups excluding carboxylic acids is 1. The molecule has 1 aliphatic rings. The van der Waals surface area contributed by atoms with Gasteiger partial charge in [-0.15, -0.1) is 0 Å². The van der Waals surface area contributed by atoms with Gasteiger partial charge in [-0.25, -0.2) is 4.39 Å². The van der Waals surface area contributed by atoms with Gasteiger partial charge in [0.25, 0.3) is 0 Å². The van der Waals surface area contributed by atoms with Crippen LogP contribution < -0.4 is 10.6 Å². The summed E-state index contributed by atoms with van der Waals surface area (Å²) in [5.41, 5.74) is -0.128. The van der Waals surface area contributed by atoms with E-state index in [0.29, 0.717) is 12.8 Å². The lowest BCUT2D eigenvalue weighted by Gasteiger charge is -2.46. The number of nitrogens with one attached hydrogen (secondary N) is 2. The van der Waals surface area contributed by atoms with Crippen molar-refractivity contribution in [3.63, 3.8) is 0 Å². The Labute approximate surface area is 135 Å². The third kappa shape index (κ3) is 4.07. The third-order valence-electron chi connectivity index (χ3n) is 4.53. The number of benzene rings is 1. The normalized spacial score (nSPS) is 30.9. The number of carbonyl (C=O) groups is 1. The van der Waals surface area contributed by atoms with Crippen LogP contribution in [0.1, 0.15) is 25.3 Å². The molecule has 1 aliphatic heterocycles. The highest BCUT2D eigenvalue weighted by molar-refractivity contribution is 5.76. The quantitative estimate of drug-likeness (QED) is 0.616. The molecule has 1 fully saturated rings. The van der Waals surface area contributed by atoms with Crippen molar-refractivity contribution in [1.82, 2.24) is 10.6 Å². The molecule has 0 radical (unpaired) electrons. The van der Waals surface area contributed by atoms with Gasteiger partial charge in [-0.05, 0) is 18.4 Å². The summed E-state index contributed by atoms with van der Waals surface area (Å²) in [6, 6.07) is 8.92. The highest BCUT2D eigenvalue weighted by atomic mass is 19.1. The Morgan fingerprint density at radius 1 is 1.43 bits per heavy atom. The van der Waals surface area contributed by atoms with Gasteiger partial charge in [0.1, 0.15) is 6.10 Å². The summed E-state index contributed by atoms with van der Waals surface area (Å²) in [7, 11) is 0. The van der Waals surface area contributed by atoms with E-state index in [-0.39, 0.29) is 25.5 Å². The summed E-state index contributed by atoms with van der Waals surface area (Å²) in [4.78, 5) is 11.9. The van der Waals surface area contributed by atoms with Gasteiger partial charge in [-0.1, -0.05) is 37.3 Å². The lowest BCUT2D eigenvalue weighted by Crippen LogP contribution is -2.72. The number of piperidine rings is 1. The Bertz CT molecular complexity index is 514. The topological polar surface area (TPSA) is 81.6 Å². The fraction of sp³-hybridized carbons (Fsp3) is 0.588. The zero-order chi connectivity index (χ0) is 16.9. The Hall–Kier alpha value is -1.50. The van der Waals surface area contributed by atoms with Crippen LogP contribution in [0.25, 0.3) is 0 Å². The molecule has 1 heterocycles. The minimum atomic E-state index is -1.64. The van der Waals surface area contributed by atoms with Gasteiger partial charge in [-0.3, -0.25) is 4.79 Å². The van der Waals surface area contributed by atoms with E-state index in [4.69, 9.17) is 0 Å². The van der Waals surface area contributed by atoms with Gasteiger partial charge in [0.2, 0.25) is 5.91 Å². The van der Waals surface area contributed by atoms with Crippen molar-refractivity contribution in [1.29, 1.82) is 0 Å². The van der Waals surface area contributed by atoms with E-state index in [0.717, 1.165) is 5.56 Å². The maximum atomic E-state index is 14.9. The molecule has 0 aliphatic carbocycles. The minimum absolute atomic E-state index is 0.176. The number of halogens is 1. The average Bonchev–Trinajstić information content (AvgIpc) is 2.58. The van der Waals surface area contributed by atoms with Crippen LogP contribution in [0.15, 0.2) is 30.3 Å². The molecule has 1 aromatic carbocycles. The van der Waals surface area contributed by atoms with Crippen LogP contribution in [0.4, 0.5) is 4.39 Å². The van der Waals surface area contributed by atoms with Crippen LogP contribution in [-0.2, 0) is 11.2 Å². The summed E-state index contributed by atoms with van der Waals surface area (Å²) in [6.45, 7) is 1.53. The number of hydrogen-bond acceptors (Lipinski definition) is 4. The molecule has 2 rings (SSSR count). The molecule has 1 amide bonds. The molecule has 6 heteroatoms. The fourth-order valence-corrected chi connectivity index (χ4v) is 3.01. The minimum Gasteiger partial charge on any atom is -0.395 e. The lowest BCUT2D eigenvalue weighted by atomic mass is 9.79. The van der Waals surface area contributed by atoms with Crippen molar-refractivity contribution in [2.24, 2.45) is 0 Å². The highest BCUT2D eigenvalue weighted by Crippen LogP contribution is 2.28. The van der Waals surface area contributed by atoms with E-state index in [9.17, 15) is 19.4 Å². The fourth-order valence-electron chi connectivity index (χ4n) is 3.01. The summed E-state index contributed by atoms with van der Waals surface area (Å²) in [5, 5.41) is 25.0. The molecule has 5 nitrogen and oxygen atoms in total. The zero-order valence-corrected chi connectivity index (χ0v) is 13.3. The smallest absolute Gasteiger partial charge is 0.220 e. The predicted molar refractivity (Wildman–Crippen MR) is 85.7 cm³/mol. The number of aliphatic hydroxyl groups is 2. The van der Waals surface area contributed by atoms with Crippen molar-refractivity contribution in [3.05, 3.63) is 35.9 Å². The number of amides is 1. The van der Waals surface area contributed by atoms with Gasteiger partial charge in [0.05, 0.1) is 18.2 Å². The van der Waals surface area contributed by atoms with Crippen LogP contribution in [-0.4, -0.2) is 53.1 Å². The second kappa shape index (κ2) is 7.86. The van der Waals surface area contributed by atoms with Crippen LogP contribution in [0, 0.1) is 0 Å². The first-order chi connectivity index (χ1) is 11.0. The van der Waals surface area contributed by atoms with Crippen molar-refractivity contribution < 1.29 is 19.4 Å². The molecule has 0 unspecified atom stereocenters. The molecule has 0 saturated carbocycles. The Balaban J connectivity index is 2.17. The molecule has 1 saturated heterocycles. The van der Waals surface area contributed by atoms with E-state index >= 15 is 0 Å². The lowest BCUT2D eigenvalue weighted by molar-refractivity contribution is -0.126. The predicted octanol–water partition coefficient (Wildman–Crippen LogP) is 0.547. The first-order valence-corrected chi connectivity index (χ1v) is 8.03. The largest absolute Gasteiger partial charge is 0.395 e. The van der Waals surface area contributed by atoms with E-state index in [1.54, 1.807) is 6.92 Å². The molecule has 23 heavy (non-hydrogen) atoms. The van der Waals surface area contributed by atoms with Crippen molar-refractivity contribution in [3.8, 4) is 0 Å². The van der Waals surface area contributed by atoms with E-state index in [1.807, 2.05) is 30.3 Å². The van der Waals surface area contributed by atoms with E-state index in [1.165, 1.54) is 0 Å². The van der Waals surface area contributed by atoms with Crippen molar-refractivity contribution >= 4 is 5.91 Å². The van der Waals surface area contributed by atoms with Gasteiger partial charge >= 0.3 is 0 Å². The van der Waals surface area contributed by atoms with Crippen molar-refractivity contribution in [2.45, 2.75) is 50.0 Å². The molecule has 0 aromatic heterocycles. The monoisotopic (exact) mass is 324 g/mol. The first kappa shape index (κ1) is 17.8. The second-order valence-electron chi connectivity index (χ2n) is 6.11. The van der Waals surface area contributed by atoms with E-state index in [2.05, 4.69) is 10.6 Å². The number of alkyl halides is 1. The Kier molecular flexibility index (Phi) is 6.10. The zero-order valence-electron chi connectivity index (χ0n) is 13.3. The third-order valence-corrected chi connectivity index (χ3v) is 4.53. The van der Waals surface area contributed by atoms with E-state index < -0.39 is 23.9 Å². The molecule has 128 valence electrons. The summed E-state index contributed by atoms with van der Waals surface area (Å²) >= 11 is 0. The standard InChI is InChI=1S/C17H25FN2O3/c1-2-14(22)20-17(9-8-12-6-4-3-5-7-12)11-19-13(10-21)15(23)16(17)18/h3-7,13,15-16,19,21,23H,2,8-11H2,1H3,(H,20,22)/t13-,15-,16+,17+/m1/s1. The molecule has 1 aromatic rings. The van der Waals surface area contributed by atoms with Crippen LogP contribution >= 0.6 is 0 Å². The van der Waals surface area contributed by atoms with Crippen LogP contribution in [0.2, 0.25) is 0 Å². The van der Waals surface area contributed by atoms with Crippen molar-refractivity contribution in [2.75, 3.05) is 13.2 Å². The Morgan fingerprint density at radius 3 is 2.74 bits per heavy atom. The first-order valence-electron chi connectivity index (χ1n) is 8.03. The molecule has 4 atom stereocenters. The molecule has 4 N–H and O–H groups in total. The maximum absolute atomic E-state index is 14.9. The number of aliphatic hydroxyl groups excluding tert-OH is 2.